The molecule has 3 aromatic rings. The Bertz CT molecular complexity index is 1510. The summed E-state index contributed by atoms with van der Waals surface area (Å²) >= 11 is 0. The van der Waals surface area contributed by atoms with Gasteiger partial charge in [0.2, 0.25) is 0 Å². The molecule has 0 saturated carbocycles. The minimum Gasteiger partial charge on any atom is -0.545 e. The number of aromatic carboxylic acids is 2. The van der Waals surface area contributed by atoms with Gasteiger partial charge in [-0.15, -0.1) is 0 Å². The van der Waals surface area contributed by atoms with Crippen molar-refractivity contribution in [3.05, 3.63) is 107 Å². The first-order valence-corrected chi connectivity index (χ1v) is 30.4. The van der Waals surface area contributed by atoms with Gasteiger partial charge in [0, 0.05) is 11.1 Å². The lowest BCUT2D eigenvalue weighted by Gasteiger charge is -2.40. The molecule has 0 saturated heterocycles. The third kappa shape index (κ3) is 34.9. The number of nitrogens with zero attached hydrogens (tertiary/aromatic N) is 2. The van der Waals surface area contributed by atoms with Crippen LogP contribution in [0.5, 0.6) is 0 Å². The van der Waals surface area contributed by atoms with E-state index < -0.39 is 11.9 Å². The second-order valence-corrected chi connectivity index (χ2v) is 21.7. The highest BCUT2D eigenvalue weighted by Crippen LogP contribution is 2.24. The van der Waals surface area contributed by atoms with E-state index in [4.69, 9.17) is 0 Å². The zero-order chi connectivity index (χ0) is 52.6. The number of unbranched alkanes of at least 4 members (excludes halogenated alkanes) is 26. The van der Waals surface area contributed by atoms with Crippen molar-refractivity contribution in [3.63, 3.8) is 0 Å². The predicted octanol–water partition coefficient (Wildman–Crippen LogP) is 17.0. The zero-order valence-corrected chi connectivity index (χ0v) is 47.9. The van der Waals surface area contributed by atoms with Gasteiger partial charge in [-0.2, -0.15) is 0 Å². The van der Waals surface area contributed by atoms with Gasteiger partial charge in [0.25, 0.3) is 0 Å². The summed E-state index contributed by atoms with van der Waals surface area (Å²) in [7, 11) is 0. The SMILES string of the molecule is CCCCCCCCCCCCCCCC[N+](CCC)(CCC)Cc1ccc(C[N+](CCC)(CCC)CCCCCCCCCCCCCCCC)cc1.O=C([O-])c1ccccc1.O=C([O-])c1ccccc1. The van der Waals surface area contributed by atoms with E-state index in [2.05, 4.69) is 65.8 Å². The van der Waals surface area contributed by atoms with Crippen molar-refractivity contribution < 1.29 is 28.8 Å². The minimum absolute atomic E-state index is 0.220. The first kappa shape index (κ1) is 66.5. The number of carbonyl (C=O) groups excluding carboxylic acids is 2. The fraction of sp³-hybridized carbons (Fsp3) is 0.697. The molecule has 0 unspecified atom stereocenters. The molecule has 410 valence electrons. The summed E-state index contributed by atoms with van der Waals surface area (Å²) in [6.07, 6.45) is 45.7. The molecule has 0 bridgehead atoms. The van der Waals surface area contributed by atoms with Gasteiger partial charge in [-0.1, -0.05) is 281 Å². The van der Waals surface area contributed by atoms with Crippen LogP contribution in [0, 0.1) is 0 Å². The molecule has 0 N–H and O–H groups in total. The van der Waals surface area contributed by atoms with Gasteiger partial charge in [-0.3, -0.25) is 0 Å². The molecule has 0 atom stereocenters. The number of carboxylic acids is 2. The standard InChI is InChI=1S/C52H102N2.2C7H6O2/c1-7-13-15-17-19-21-23-25-27-29-31-33-35-37-47-53(43-9-3,44-10-4)49-51-39-41-52(42-40-51)50-54(45-11-5,46-12-6)48-38-36-34-32-30-28-26-24-22-20-18-16-14-8-2;2*8-7(9)6-4-2-1-3-5-6/h39-42H,7-38,43-50H2,1-6H3;2*1-5H,(H,8,9)/q+2;;/p-2. The van der Waals surface area contributed by atoms with Crippen LogP contribution in [0.4, 0.5) is 0 Å². The number of quaternary nitrogens is 2. The Morgan fingerprint density at radius 3 is 0.708 bits per heavy atom. The van der Waals surface area contributed by atoms with E-state index in [1.165, 1.54) is 291 Å². The van der Waals surface area contributed by atoms with Crippen molar-refractivity contribution in [3.8, 4) is 0 Å². The fourth-order valence-corrected chi connectivity index (χ4v) is 11.0. The van der Waals surface area contributed by atoms with E-state index in [9.17, 15) is 19.8 Å². The summed E-state index contributed by atoms with van der Waals surface area (Å²) in [6.45, 7) is 24.8. The average molecular weight is 998 g/mol. The summed E-state index contributed by atoms with van der Waals surface area (Å²) in [4.78, 5) is 20.2. The van der Waals surface area contributed by atoms with Crippen molar-refractivity contribution >= 4 is 11.9 Å². The predicted molar refractivity (Wildman–Crippen MR) is 307 cm³/mol. The van der Waals surface area contributed by atoms with Gasteiger partial charge in [0.05, 0.1) is 51.2 Å². The number of hydrogen-bond acceptors (Lipinski definition) is 4. The number of hydrogen-bond donors (Lipinski definition) is 0. The molecule has 3 rings (SSSR count). The van der Waals surface area contributed by atoms with Gasteiger partial charge in [0.1, 0.15) is 13.1 Å². The van der Waals surface area contributed by atoms with Crippen LogP contribution in [0.25, 0.3) is 0 Å². The number of benzene rings is 3. The lowest BCUT2D eigenvalue weighted by Crippen LogP contribution is -2.49. The van der Waals surface area contributed by atoms with Gasteiger partial charge in [-0.05, 0) is 62.5 Å². The van der Waals surface area contributed by atoms with Crippen LogP contribution in [-0.2, 0) is 13.1 Å². The number of rotatable bonds is 44. The second kappa shape index (κ2) is 46.1. The highest BCUT2D eigenvalue weighted by Gasteiger charge is 2.28. The van der Waals surface area contributed by atoms with Crippen LogP contribution in [0.3, 0.4) is 0 Å². The van der Waals surface area contributed by atoms with Crippen molar-refractivity contribution in [2.75, 3.05) is 39.3 Å². The van der Waals surface area contributed by atoms with Crippen molar-refractivity contribution in [2.24, 2.45) is 0 Å². The Kier molecular flexibility index (Phi) is 42.6. The molecule has 72 heavy (non-hydrogen) atoms. The number of carboxylic acid groups (broad SMARTS) is 2. The monoisotopic (exact) mass is 997 g/mol. The Hall–Kier alpha value is -3.48. The van der Waals surface area contributed by atoms with Crippen LogP contribution in [0.2, 0.25) is 0 Å². The Labute approximate surface area is 445 Å². The lowest BCUT2D eigenvalue weighted by atomic mass is 10.0. The molecule has 0 aliphatic carbocycles. The Balaban J connectivity index is 0.00000118. The number of carbonyl (C=O) groups is 2. The molecule has 3 aromatic carbocycles. The maximum atomic E-state index is 10.1. The molecule has 0 radical (unpaired) electrons. The summed E-state index contributed by atoms with van der Waals surface area (Å²) in [5, 5.41) is 20.2. The van der Waals surface area contributed by atoms with E-state index in [0.29, 0.717) is 0 Å². The molecule has 0 amide bonds. The topological polar surface area (TPSA) is 80.3 Å². The summed E-state index contributed by atoms with van der Waals surface area (Å²) in [5.41, 5.74) is 3.58. The molecule has 0 heterocycles. The van der Waals surface area contributed by atoms with Crippen molar-refractivity contribution in [2.45, 2.75) is 260 Å². The normalized spacial score (nSPS) is 11.4. The fourth-order valence-electron chi connectivity index (χ4n) is 11.0. The van der Waals surface area contributed by atoms with Gasteiger partial charge in [0.15, 0.2) is 0 Å². The van der Waals surface area contributed by atoms with Crippen LogP contribution in [-0.4, -0.2) is 60.2 Å². The van der Waals surface area contributed by atoms with Crippen LogP contribution >= 0.6 is 0 Å². The van der Waals surface area contributed by atoms with Crippen molar-refractivity contribution in [1.29, 1.82) is 0 Å². The molecule has 0 aliphatic rings. The second-order valence-electron chi connectivity index (χ2n) is 21.7. The van der Waals surface area contributed by atoms with E-state index in [0.717, 1.165) is 0 Å². The van der Waals surface area contributed by atoms with Gasteiger partial charge < -0.3 is 28.8 Å². The average Bonchev–Trinajstić information content (AvgIpc) is 3.38. The third-order valence-electron chi connectivity index (χ3n) is 14.8. The third-order valence-corrected chi connectivity index (χ3v) is 14.8. The highest BCUT2D eigenvalue weighted by atomic mass is 16.4. The minimum atomic E-state index is -1.13. The lowest BCUT2D eigenvalue weighted by molar-refractivity contribution is -0.941. The summed E-state index contributed by atoms with van der Waals surface area (Å²) in [5.74, 6) is -2.26. The zero-order valence-electron chi connectivity index (χ0n) is 47.9. The quantitative estimate of drug-likeness (QED) is 0.0418. The molecular weight excluding hydrogens is 885 g/mol. The van der Waals surface area contributed by atoms with Crippen LogP contribution in [0.15, 0.2) is 84.9 Å². The maximum Gasteiger partial charge on any atom is 0.104 e. The highest BCUT2D eigenvalue weighted by molar-refractivity contribution is 5.85. The molecule has 0 aliphatic heterocycles. The Morgan fingerprint density at radius 2 is 0.514 bits per heavy atom. The van der Waals surface area contributed by atoms with E-state index in [1.54, 1.807) is 47.5 Å². The van der Waals surface area contributed by atoms with Crippen LogP contribution < -0.4 is 10.2 Å². The summed E-state index contributed by atoms with van der Waals surface area (Å²) < 4.78 is 2.60. The van der Waals surface area contributed by atoms with Crippen LogP contribution in [0.1, 0.15) is 279 Å². The smallest absolute Gasteiger partial charge is 0.104 e. The molecule has 0 spiro atoms. The molecule has 0 aromatic heterocycles. The van der Waals surface area contributed by atoms with Gasteiger partial charge >= 0.3 is 0 Å². The Morgan fingerprint density at radius 1 is 0.292 bits per heavy atom. The van der Waals surface area contributed by atoms with Gasteiger partial charge in [-0.25, -0.2) is 0 Å². The van der Waals surface area contributed by atoms with E-state index >= 15 is 0 Å². The van der Waals surface area contributed by atoms with Crippen molar-refractivity contribution in [1.82, 2.24) is 0 Å². The molecule has 6 nitrogen and oxygen atoms in total. The first-order chi connectivity index (χ1) is 35.1. The molecular formula is C66H112N2O4. The summed E-state index contributed by atoms with van der Waals surface area (Å²) in [6, 6.07) is 26.2. The van der Waals surface area contributed by atoms with E-state index in [1.807, 2.05) is 0 Å². The maximum absolute atomic E-state index is 10.1. The molecule has 0 fully saturated rings. The molecule has 6 heteroatoms. The van der Waals surface area contributed by atoms with E-state index in [-0.39, 0.29) is 11.1 Å². The first-order valence-electron chi connectivity index (χ1n) is 30.4. The largest absolute Gasteiger partial charge is 0.545 e.